The third-order valence-corrected chi connectivity index (χ3v) is 6.68. The lowest BCUT2D eigenvalue weighted by Gasteiger charge is -2.36. The standard InChI is InChI=1S/C26H26N2O7/c1-14-23(26(30)35-4)24(17-12-21(33-2)22(34-3)13-19(17)28(31)32)25-18(27-14)10-16(11-20(25)29)15-8-6-5-7-9-15/h5-9,12-13,16,23-24H,10-11H2,1-4H3/t16-,23?,24+/m1/s1. The smallest absolute Gasteiger partial charge is 0.315 e. The minimum absolute atomic E-state index is 0.0743. The third kappa shape index (κ3) is 4.29. The largest absolute Gasteiger partial charge is 0.493 e. The number of hydrogen-bond acceptors (Lipinski definition) is 8. The van der Waals surface area contributed by atoms with Crippen LogP contribution in [0.3, 0.4) is 0 Å². The van der Waals surface area contributed by atoms with Crippen molar-refractivity contribution in [2.24, 2.45) is 10.9 Å². The van der Waals surface area contributed by atoms with E-state index in [2.05, 4.69) is 4.99 Å². The van der Waals surface area contributed by atoms with Gasteiger partial charge in [-0.15, -0.1) is 0 Å². The molecule has 1 aliphatic heterocycles. The number of allylic oxidation sites excluding steroid dienone is 2. The van der Waals surface area contributed by atoms with Gasteiger partial charge in [0.25, 0.3) is 5.69 Å². The number of ether oxygens (including phenoxy) is 3. The number of ketones is 1. The Morgan fingerprint density at radius 3 is 2.31 bits per heavy atom. The lowest BCUT2D eigenvalue weighted by molar-refractivity contribution is -0.385. The average Bonchev–Trinajstić information content (AvgIpc) is 2.86. The number of nitro groups is 1. The quantitative estimate of drug-likeness (QED) is 0.344. The van der Waals surface area contributed by atoms with E-state index in [1.54, 1.807) is 6.92 Å². The van der Waals surface area contributed by atoms with Crippen molar-refractivity contribution in [3.63, 3.8) is 0 Å². The van der Waals surface area contributed by atoms with Crippen LogP contribution in [0.15, 0.2) is 58.7 Å². The molecule has 35 heavy (non-hydrogen) atoms. The minimum Gasteiger partial charge on any atom is -0.493 e. The average molecular weight is 479 g/mol. The first-order valence-corrected chi connectivity index (χ1v) is 11.1. The Hall–Kier alpha value is -4.01. The molecule has 0 N–H and O–H groups in total. The summed E-state index contributed by atoms with van der Waals surface area (Å²) >= 11 is 0. The summed E-state index contributed by atoms with van der Waals surface area (Å²) in [5.74, 6) is -2.40. The monoisotopic (exact) mass is 478 g/mol. The van der Waals surface area contributed by atoms with Gasteiger partial charge in [-0.05, 0) is 30.9 Å². The Morgan fingerprint density at radius 2 is 1.71 bits per heavy atom. The molecule has 0 saturated heterocycles. The van der Waals surface area contributed by atoms with Gasteiger partial charge in [0, 0.05) is 34.9 Å². The second-order valence-electron chi connectivity index (χ2n) is 8.55. The maximum absolute atomic E-state index is 13.6. The number of carbonyl (C=O) groups is 2. The fourth-order valence-electron chi connectivity index (χ4n) is 5.08. The van der Waals surface area contributed by atoms with E-state index in [0.29, 0.717) is 23.4 Å². The second kappa shape index (κ2) is 9.69. The van der Waals surface area contributed by atoms with Gasteiger partial charge in [0.05, 0.1) is 32.3 Å². The molecule has 2 aliphatic rings. The van der Waals surface area contributed by atoms with Crippen LogP contribution in [0, 0.1) is 16.0 Å². The Kier molecular flexibility index (Phi) is 6.68. The molecular weight excluding hydrogens is 452 g/mol. The van der Waals surface area contributed by atoms with Gasteiger partial charge in [-0.3, -0.25) is 24.7 Å². The van der Waals surface area contributed by atoms with Crippen molar-refractivity contribution in [2.45, 2.75) is 31.6 Å². The van der Waals surface area contributed by atoms with Gasteiger partial charge in [-0.2, -0.15) is 0 Å². The maximum Gasteiger partial charge on any atom is 0.315 e. The predicted molar refractivity (Wildman–Crippen MR) is 128 cm³/mol. The van der Waals surface area contributed by atoms with Crippen molar-refractivity contribution < 1.29 is 28.7 Å². The molecule has 0 bridgehead atoms. The molecule has 0 spiro atoms. The number of carbonyl (C=O) groups excluding carboxylic acids is 2. The van der Waals surface area contributed by atoms with Crippen LogP contribution in [0.25, 0.3) is 0 Å². The molecule has 1 unspecified atom stereocenters. The predicted octanol–water partition coefficient (Wildman–Crippen LogP) is 4.36. The topological polar surface area (TPSA) is 117 Å². The van der Waals surface area contributed by atoms with Crippen LogP contribution in [0.4, 0.5) is 5.69 Å². The zero-order valence-electron chi connectivity index (χ0n) is 19.9. The van der Waals surface area contributed by atoms with E-state index < -0.39 is 22.7 Å². The van der Waals surface area contributed by atoms with Crippen LogP contribution in [0.2, 0.25) is 0 Å². The molecule has 182 valence electrons. The first-order valence-electron chi connectivity index (χ1n) is 11.1. The summed E-state index contributed by atoms with van der Waals surface area (Å²) < 4.78 is 15.7. The Labute approximate surface area is 202 Å². The summed E-state index contributed by atoms with van der Waals surface area (Å²) in [6.07, 6.45) is 0.691. The van der Waals surface area contributed by atoms with Crippen molar-refractivity contribution in [3.05, 3.63) is 75.0 Å². The molecule has 1 heterocycles. The van der Waals surface area contributed by atoms with E-state index in [1.165, 1.54) is 33.5 Å². The van der Waals surface area contributed by atoms with E-state index >= 15 is 0 Å². The molecule has 0 amide bonds. The third-order valence-electron chi connectivity index (χ3n) is 6.68. The number of aliphatic imine (C=N–C) groups is 1. The number of nitro benzene ring substituents is 1. The second-order valence-corrected chi connectivity index (χ2v) is 8.55. The molecule has 0 radical (unpaired) electrons. The van der Waals surface area contributed by atoms with Gasteiger partial charge in [0.2, 0.25) is 0 Å². The van der Waals surface area contributed by atoms with Crippen LogP contribution in [-0.4, -0.2) is 43.7 Å². The Bertz CT molecular complexity index is 1250. The zero-order valence-corrected chi connectivity index (χ0v) is 19.9. The lowest BCUT2D eigenvalue weighted by atomic mass is 9.69. The first-order chi connectivity index (χ1) is 16.8. The van der Waals surface area contributed by atoms with Gasteiger partial charge in [0.15, 0.2) is 17.3 Å². The maximum atomic E-state index is 13.6. The van der Waals surface area contributed by atoms with Gasteiger partial charge in [-0.1, -0.05) is 30.3 Å². The Balaban J connectivity index is 1.94. The van der Waals surface area contributed by atoms with Crippen LogP contribution >= 0.6 is 0 Å². The van der Waals surface area contributed by atoms with Gasteiger partial charge >= 0.3 is 5.97 Å². The molecule has 2 aromatic rings. The molecule has 0 saturated carbocycles. The van der Waals surface area contributed by atoms with E-state index in [0.717, 1.165) is 5.56 Å². The van der Waals surface area contributed by atoms with Crippen LogP contribution in [-0.2, 0) is 14.3 Å². The highest BCUT2D eigenvalue weighted by Crippen LogP contribution is 2.50. The molecule has 2 aromatic carbocycles. The molecule has 9 nitrogen and oxygen atoms in total. The molecule has 9 heteroatoms. The van der Waals surface area contributed by atoms with Crippen molar-refractivity contribution in [1.82, 2.24) is 0 Å². The van der Waals surface area contributed by atoms with E-state index in [4.69, 9.17) is 14.2 Å². The summed E-state index contributed by atoms with van der Waals surface area (Å²) in [4.78, 5) is 42.7. The summed E-state index contributed by atoms with van der Waals surface area (Å²) in [6.45, 7) is 1.68. The van der Waals surface area contributed by atoms with Crippen molar-refractivity contribution >= 4 is 23.2 Å². The molecule has 1 aliphatic carbocycles. The fourth-order valence-corrected chi connectivity index (χ4v) is 5.08. The molecule has 0 aromatic heterocycles. The van der Waals surface area contributed by atoms with Crippen molar-refractivity contribution in [2.75, 3.05) is 21.3 Å². The highest BCUT2D eigenvalue weighted by molar-refractivity contribution is 6.09. The number of hydrogen-bond donors (Lipinski definition) is 0. The van der Waals surface area contributed by atoms with Crippen LogP contribution < -0.4 is 9.47 Å². The zero-order chi connectivity index (χ0) is 25.3. The highest BCUT2D eigenvalue weighted by Gasteiger charge is 2.47. The van der Waals surface area contributed by atoms with E-state index in [1.807, 2.05) is 30.3 Å². The number of nitrogens with zero attached hydrogens (tertiary/aromatic N) is 2. The summed E-state index contributed by atoms with van der Waals surface area (Å²) in [7, 11) is 4.04. The summed E-state index contributed by atoms with van der Waals surface area (Å²) in [5, 5.41) is 12.1. The van der Waals surface area contributed by atoms with Crippen molar-refractivity contribution in [3.8, 4) is 11.5 Å². The minimum atomic E-state index is -0.993. The lowest BCUT2D eigenvalue weighted by Crippen LogP contribution is -2.38. The van der Waals surface area contributed by atoms with Gasteiger partial charge < -0.3 is 14.2 Å². The number of Topliss-reactive ketones (excluding diaryl/α,β-unsaturated/α-hetero) is 1. The summed E-state index contributed by atoms with van der Waals surface area (Å²) in [6, 6.07) is 12.4. The first kappa shape index (κ1) is 24.1. The summed E-state index contributed by atoms with van der Waals surface area (Å²) in [5.41, 5.74) is 2.21. The van der Waals surface area contributed by atoms with Crippen molar-refractivity contribution in [1.29, 1.82) is 0 Å². The fraction of sp³-hybridized carbons (Fsp3) is 0.346. The normalized spacial score (nSPS) is 21.7. The molecule has 4 rings (SSSR count). The highest BCUT2D eigenvalue weighted by atomic mass is 16.6. The molecule has 0 fully saturated rings. The van der Waals surface area contributed by atoms with Crippen LogP contribution in [0.1, 0.15) is 42.7 Å². The number of benzene rings is 2. The number of esters is 1. The number of methoxy groups -OCH3 is 3. The van der Waals surface area contributed by atoms with Crippen LogP contribution in [0.5, 0.6) is 11.5 Å². The molecule has 3 atom stereocenters. The van der Waals surface area contributed by atoms with E-state index in [9.17, 15) is 19.7 Å². The molecular formula is C26H26N2O7. The van der Waals surface area contributed by atoms with Gasteiger partial charge in [0.1, 0.15) is 5.92 Å². The van der Waals surface area contributed by atoms with E-state index in [-0.39, 0.29) is 40.9 Å². The SMILES string of the molecule is COC(=O)C1C(C)=NC2=C(C(=O)C[C@H](c3ccccc3)C2)[C@H]1c1cc(OC)c(OC)cc1[N+](=O)[O-]. The van der Waals surface area contributed by atoms with Gasteiger partial charge in [-0.25, -0.2) is 0 Å². The number of rotatable bonds is 6. The Morgan fingerprint density at radius 1 is 1.06 bits per heavy atom.